The van der Waals surface area contributed by atoms with Gasteiger partial charge in [0, 0.05) is 19.3 Å². The summed E-state index contributed by atoms with van der Waals surface area (Å²) in [6, 6.07) is 1.52. The highest BCUT2D eigenvalue weighted by Crippen LogP contribution is 2.29. The Bertz CT molecular complexity index is 601. The number of hydrogen-bond acceptors (Lipinski definition) is 4. The standard InChI is InChI=1S/C12H15F3N2O3S/c1-8-4-5-17(7-10(8)18)21(19,20)9-2-3-11(16-6-9)12(13,14)15/h2-3,6,8,10,18H,4-5,7H2,1H3/t8-,10+/m1/s1. The van der Waals surface area contributed by atoms with Crippen molar-refractivity contribution in [3.05, 3.63) is 24.0 Å². The molecule has 118 valence electrons. The molecule has 9 heteroatoms. The van der Waals surface area contributed by atoms with Crippen molar-refractivity contribution < 1.29 is 26.7 Å². The Labute approximate surface area is 120 Å². The molecule has 0 unspecified atom stereocenters. The van der Waals surface area contributed by atoms with Gasteiger partial charge in [-0.15, -0.1) is 0 Å². The summed E-state index contributed by atoms with van der Waals surface area (Å²) in [6.45, 7) is 1.97. The number of piperidine rings is 1. The van der Waals surface area contributed by atoms with E-state index in [1.165, 1.54) is 0 Å². The Balaban J connectivity index is 2.24. The number of β-amino-alcohol motifs (C(OH)–C–C–N with tert-alkyl or cyclic N) is 1. The highest BCUT2D eigenvalue weighted by molar-refractivity contribution is 7.89. The summed E-state index contributed by atoms with van der Waals surface area (Å²) >= 11 is 0. The van der Waals surface area contributed by atoms with E-state index < -0.39 is 28.0 Å². The zero-order chi connectivity index (χ0) is 15.8. The van der Waals surface area contributed by atoms with Crippen molar-refractivity contribution >= 4 is 10.0 Å². The number of aromatic nitrogens is 1. The van der Waals surface area contributed by atoms with E-state index in [4.69, 9.17) is 0 Å². The van der Waals surface area contributed by atoms with Crippen LogP contribution in [0.4, 0.5) is 13.2 Å². The molecule has 21 heavy (non-hydrogen) atoms. The Kier molecular flexibility index (Phi) is 4.27. The molecule has 0 aliphatic carbocycles. The number of alkyl halides is 3. The third kappa shape index (κ3) is 3.35. The van der Waals surface area contributed by atoms with Gasteiger partial charge in [0.05, 0.1) is 6.10 Å². The van der Waals surface area contributed by atoms with Crippen LogP contribution in [0.15, 0.2) is 23.2 Å². The molecule has 0 radical (unpaired) electrons. The number of aliphatic hydroxyl groups is 1. The summed E-state index contributed by atoms with van der Waals surface area (Å²) in [7, 11) is -3.94. The molecule has 5 nitrogen and oxygen atoms in total. The van der Waals surface area contributed by atoms with Gasteiger partial charge in [-0.3, -0.25) is 4.98 Å². The molecule has 0 spiro atoms. The van der Waals surface area contributed by atoms with Gasteiger partial charge in [0.2, 0.25) is 10.0 Å². The van der Waals surface area contributed by atoms with E-state index in [1.54, 1.807) is 0 Å². The molecular formula is C12H15F3N2O3S. The van der Waals surface area contributed by atoms with Crippen molar-refractivity contribution in [3.8, 4) is 0 Å². The normalized spacial score (nSPS) is 25.0. The van der Waals surface area contributed by atoms with Gasteiger partial charge in [0.15, 0.2) is 0 Å². The second-order valence-corrected chi connectivity index (χ2v) is 7.01. The maximum Gasteiger partial charge on any atom is 0.433 e. The lowest BCUT2D eigenvalue weighted by Crippen LogP contribution is -2.45. The number of aliphatic hydroxyl groups excluding tert-OH is 1. The number of halogens is 3. The van der Waals surface area contributed by atoms with Crippen LogP contribution >= 0.6 is 0 Å². The summed E-state index contributed by atoms with van der Waals surface area (Å²) in [5.74, 6) is -0.0119. The minimum Gasteiger partial charge on any atom is -0.391 e. The van der Waals surface area contributed by atoms with Crippen LogP contribution in [0.25, 0.3) is 0 Å². The van der Waals surface area contributed by atoms with Gasteiger partial charge in [-0.1, -0.05) is 6.92 Å². The fraction of sp³-hybridized carbons (Fsp3) is 0.583. The first-order chi connectivity index (χ1) is 9.62. The van der Waals surface area contributed by atoms with Gasteiger partial charge in [-0.25, -0.2) is 8.42 Å². The number of sulfonamides is 1. The molecule has 2 heterocycles. The summed E-state index contributed by atoms with van der Waals surface area (Å²) in [5.41, 5.74) is -1.14. The van der Waals surface area contributed by atoms with Crippen molar-refractivity contribution in [1.29, 1.82) is 0 Å². The Morgan fingerprint density at radius 3 is 2.52 bits per heavy atom. The number of rotatable bonds is 2. The monoisotopic (exact) mass is 324 g/mol. The fourth-order valence-corrected chi connectivity index (χ4v) is 3.51. The average Bonchev–Trinajstić information content (AvgIpc) is 2.41. The summed E-state index contributed by atoms with van der Waals surface area (Å²) in [4.78, 5) is 2.84. The highest BCUT2D eigenvalue weighted by Gasteiger charge is 2.35. The van der Waals surface area contributed by atoms with Crippen molar-refractivity contribution in [1.82, 2.24) is 9.29 Å². The van der Waals surface area contributed by atoms with Crippen molar-refractivity contribution in [2.24, 2.45) is 5.92 Å². The van der Waals surface area contributed by atoms with E-state index in [2.05, 4.69) is 4.98 Å². The Hall–Kier alpha value is -1.19. The van der Waals surface area contributed by atoms with Crippen LogP contribution in [0.5, 0.6) is 0 Å². The van der Waals surface area contributed by atoms with Crippen LogP contribution in [0.1, 0.15) is 19.0 Å². The lowest BCUT2D eigenvalue weighted by molar-refractivity contribution is -0.141. The molecule has 2 atom stereocenters. The average molecular weight is 324 g/mol. The molecule has 1 N–H and O–H groups in total. The minimum absolute atomic E-state index is 0.0119. The van der Waals surface area contributed by atoms with Crippen molar-refractivity contribution in [3.63, 3.8) is 0 Å². The van der Waals surface area contributed by atoms with Crippen LogP contribution in [0.3, 0.4) is 0 Å². The second kappa shape index (κ2) is 5.54. The molecule has 1 aromatic rings. The first-order valence-electron chi connectivity index (χ1n) is 6.34. The van der Waals surface area contributed by atoms with Crippen molar-refractivity contribution in [2.75, 3.05) is 13.1 Å². The van der Waals surface area contributed by atoms with E-state index in [0.29, 0.717) is 18.7 Å². The second-order valence-electron chi connectivity index (χ2n) is 5.07. The third-order valence-electron chi connectivity index (χ3n) is 3.55. The lowest BCUT2D eigenvalue weighted by Gasteiger charge is -2.33. The molecule has 1 aliphatic heterocycles. The zero-order valence-electron chi connectivity index (χ0n) is 11.2. The van der Waals surface area contributed by atoms with Crippen LogP contribution in [0, 0.1) is 5.92 Å². The molecule has 1 saturated heterocycles. The maximum atomic E-state index is 12.4. The largest absolute Gasteiger partial charge is 0.433 e. The van der Waals surface area contributed by atoms with E-state index in [1.807, 2.05) is 6.92 Å². The predicted octanol–water partition coefficient (Wildman–Crippen LogP) is 1.49. The predicted molar refractivity (Wildman–Crippen MR) is 67.8 cm³/mol. The number of hydrogen-bond donors (Lipinski definition) is 1. The smallest absolute Gasteiger partial charge is 0.391 e. The molecular weight excluding hydrogens is 309 g/mol. The molecule has 0 amide bonds. The molecule has 0 saturated carbocycles. The van der Waals surface area contributed by atoms with Crippen LogP contribution in [-0.4, -0.2) is 42.0 Å². The van der Waals surface area contributed by atoms with Crippen LogP contribution in [0.2, 0.25) is 0 Å². The van der Waals surface area contributed by atoms with E-state index in [0.717, 1.165) is 10.4 Å². The number of nitrogens with zero attached hydrogens (tertiary/aromatic N) is 2. The third-order valence-corrected chi connectivity index (χ3v) is 5.39. The molecule has 2 rings (SSSR count). The van der Waals surface area contributed by atoms with Gasteiger partial charge < -0.3 is 5.11 Å². The maximum absolute atomic E-state index is 12.4. The summed E-state index contributed by atoms with van der Waals surface area (Å²) in [6.07, 6.45) is -4.20. The SMILES string of the molecule is C[C@@H]1CCN(S(=O)(=O)c2ccc(C(F)(F)F)nc2)C[C@@H]1O. The molecule has 1 aromatic heterocycles. The van der Waals surface area contributed by atoms with Crippen LogP contribution in [-0.2, 0) is 16.2 Å². The van der Waals surface area contributed by atoms with E-state index in [9.17, 15) is 26.7 Å². The quantitative estimate of drug-likeness (QED) is 0.895. The Morgan fingerprint density at radius 2 is 2.05 bits per heavy atom. The molecule has 1 aliphatic rings. The fourth-order valence-electron chi connectivity index (χ4n) is 2.09. The zero-order valence-corrected chi connectivity index (χ0v) is 12.0. The first kappa shape index (κ1) is 16.2. The van der Waals surface area contributed by atoms with Crippen molar-refractivity contribution in [2.45, 2.75) is 30.5 Å². The molecule has 0 bridgehead atoms. The van der Waals surface area contributed by atoms with E-state index >= 15 is 0 Å². The van der Waals surface area contributed by atoms with Gasteiger partial charge in [0.25, 0.3) is 0 Å². The lowest BCUT2D eigenvalue weighted by atomic mass is 9.98. The molecule has 1 fully saturated rings. The van der Waals surface area contributed by atoms with Gasteiger partial charge in [-0.2, -0.15) is 17.5 Å². The summed E-state index contributed by atoms with van der Waals surface area (Å²) in [5, 5.41) is 9.74. The minimum atomic E-state index is -4.61. The van der Waals surface area contributed by atoms with Gasteiger partial charge >= 0.3 is 6.18 Å². The number of pyridine rings is 1. The first-order valence-corrected chi connectivity index (χ1v) is 7.78. The summed E-state index contributed by atoms with van der Waals surface area (Å²) < 4.78 is 62.9. The molecule has 0 aromatic carbocycles. The van der Waals surface area contributed by atoms with Crippen LogP contribution < -0.4 is 0 Å². The highest BCUT2D eigenvalue weighted by atomic mass is 32.2. The van der Waals surface area contributed by atoms with E-state index in [-0.39, 0.29) is 23.9 Å². The topological polar surface area (TPSA) is 70.5 Å². The van der Waals surface area contributed by atoms with Gasteiger partial charge in [0.1, 0.15) is 10.6 Å². The van der Waals surface area contributed by atoms with Gasteiger partial charge in [-0.05, 0) is 24.5 Å². The Morgan fingerprint density at radius 1 is 1.38 bits per heavy atom.